The van der Waals surface area contributed by atoms with E-state index in [4.69, 9.17) is 0 Å². The Morgan fingerprint density at radius 3 is 2.79 bits per heavy atom. The number of halogens is 1. The minimum absolute atomic E-state index is 0.442. The number of nitrogens with one attached hydrogen (secondary N) is 1. The quantitative estimate of drug-likeness (QED) is 0.891. The van der Waals surface area contributed by atoms with E-state index in [2.05, 4.69) is 26.3 Å². The second-order valence-corrected chi connectivity index (χ2v) is 6.79. The van der Waals surface area contributed by atoms with Gasteiger partial charge in [-0.3, -0.25) is 4.68 Å². The number of piperidine rings is 1. The van der Waals surface area contributed by atoms with Gasteiger partial charge in [0.1, 0.15) is 0 Å². The number of aryl methyl sites for hydroxylation is 2. The van der Waals surface area contributed by atoms with Crippen molar-refractivity contribution < 1.29 is 5.11 Å². The van der Waals surface area contributed by atoms with Crippen LogP contribution in [-0.2, 0) is 13.5 Å². The summed E-state index contributed by atoms with van der Waals surface area (Å²) >= 11 is 3.57. The van der Waals surface area contributed by atoms with E-state index in [1.165, 1.54) is 19.3 Å². The average molecular weight is 330 g/mol. The van der Waals surface area contributed by atoms with Crippen molar-refractivity contribution in [2.75, 3.05) is 6.54 Å². The van der Waals surface area contributed by atoms with Gasteiger partial charge in [0, 0.05) is 19.5 Å². The van der Waals surface area contributed by atoms with E-state index in [-0.39, 0.29) is 0 Å². The second-order valence-electron chi connectivity index (χ2n) is 5.99. The molecule has 0 aliphatic carbocycles. The van der Waals surface area contributed by atoms with Crippen LogP contribution in [0.3, 0.4) is 0 Å². The molecular formula is C14H24BrN3O. The van der Waals surface area contributed by atoms with Gasteiger partial charge in [0.2, 0.25) is 0 Å². The molecule has 1 aliphatic rings. The molecule has 1 saturated heterocycles. The molecule has 0 bridgehead atoms. The molecule has 2 rings (SSSR count). The summed E-state index contributed by atoms with van der Waals surface area (Å²) in [5, 5.41) is 18.6. The van der Waals surface area contributed by atoms with Gasteiger partial charge in [-0.1, -0.05) is 6.42 Å². The Hall–Kier alpha value is -0.390. The van der Waals surface area contributed by atoms with Gasteiger partial charge in [0.25, 0.3) is 0 Å². The predicted molar refractivity (Wildman–Crippen MR) is 80.2 cm³/mol. The van der Waals surface area contributed by atoms with Gasteiger partial charge in [-0.15, -0.1) is 0 Å². The van der Waals surface area contributed by atoms with Crippen molar-refractivity contribution in [3.05, 3.63) is 15.9 Å². The first-order valence-corrected chi connectivity index (χ1v) is 7.82. The molecule has 4 nitrogen and oxygen atoms in total. The van der Waals surface area contributed by atoms with E-state index in [1.54, 1.807) is 0 Å². The lowest BCUT2D eigenvalue weighted by atomic mass is 9.88. The Balaban J connectivity index is 2.03. The molecule has 5 heteroatoms. The molecule has 2 N–H and O–H groups in total. The van der Waals surface area contributed by atoms with Crippen molar-refractivity contribution >= 4 is 15.9 Å². The third-order valence-electron chi connectivity index (χ3n) is 3.91. The van der Waals surface area contributed by atoms with Crippen LogP contribution in [0.1, 0.15) is 44.0 Å². The molecule has 1 fully saturated rings. The predicted octanol–water partition coefficient (Wildman–Crippen LogP) is 2.32. The molecule has 0 amide bonds. The number of hydrogen-bond donors (Lipinski definition) is 2. The van der Waals surface area contributed by atoms with E-state index in [9.17, 15) is 5.11 Å². The number of rotatable bonds is 4. The topological polar surface area (TPSA) is 50.1 Å². The number of aromatic nitrogens is 2. The molecule has 1 aromatic rings. The fourth-order valence-electron chi connectivity index (χ4n) is 2.93. The number of hydrogen-bond acceptors (Lipinski definition) is 3. The fraction of sp³-hybridized carbons (Fsp3) is 0.786. The molecule has 1 aromatic heterocycles. The molecule has 0 spiro atoms. The van der Waals surface area contributed by atoms with Crippen molar-refractivity contribution in [1.82, 2.24) is 15.1 Å². The molecule has 108 valence electrons. The number of aliphatic hydroxyl groups is 1. The highest BCUT2D eigenvalue weighted by Gasteiger charge is 2.29. The van der Waals surface area contributed by atoms with E-state index >= 15 is 0 Å². The van der Waals surface area contributed by atoms with Gasteiger partial charge in [-0.25, -0.2) is 0 Å². The fourth-order valence-corrected chi connectivity index (χ4v) is 3.41. The van der Waals surface area contributed by atoms with Crippen molar-refractivity contribution in [2.45, 2.75) is 57.6 Å². The zero-order valence-electron chi connectivity index (χ0n) is 12.0. The van der Waals surface area contributed by atoms with Crippen molar-refractivity contribution in [3.8, 4) is 0 Å². The van der Waals surface area contributed by atoms with Gasteiger partial charge in [-0.05, 0) is 55.6 Å². The maximum Gasteiger partial charge on any atom is 0.0738 e. The van der Waals surface area contributed by atoms with Crippen molar-refractivity contribution in [1.29, 1.82) is 0 Å². The monoisotopic (exact) mass is 329 g/mol. The number of nitrogens with zero attached hydrogens (tertiary/aromatic N) is 2. The summed E-state index contributed by atoms with van der Waals surface area (Å²) in [6.07, 6.45) is 5.11. The van der Waals surface area contributed by atoms with Crippen LogP contribution in [0, 0.1) is 6.92 Å². The second kappa shape index (κ2) is 5.94. The molecule has 2 atom stereocenters. The Morgan fingerprint density at radius 2 is 2.26 bits per heavy atom. The lowest BCUT2D eigenvalue weighted by Gasteiger charge is -2.31. The molecule has 0 saturated carbocycles. The summed E-state index contributed by atoms with van der Waals surface area (Å²) in [6.45, 7) is 4.98. The Bertz CT molecular complexity index is 436. The maximum absolute atomic E-state index is 10.7. The molecule has 2 unspecified atom stereocenters. The van der Waals surface area contributed by atoms with Crippen LogP contribution in [-0.4, -0.2) is 33.1 Å². The SMILES string of the molecule is Cc1nn(C)c(CC(C)(O)CC2CCCCN2)c1Br. The minimum atomic E-state index is -0.697. The lowest BCUT2D eigenvalue weighted by Crippen LogP contribution is -2.42. The molecule has 19 heavy (non-hydrogen) atoms. The van der Waals surface area contributed by atoms with Crippen LogP contribution in [0.15, 0.2) is 4.47 Å². The van der Waals surface area contributed by atoms with Crippen LogP contribution < -0.4 is 5.32 Å². The van der Waals surface area contributed by atoms with E-state index < -0.39 is 5.60 Å². The van der Waals surface area contributed by atoms with Crippen LogP contribution in [0.25, 0.3) is 0 Å². The lowest BCUT2D eigenvalue weighted by molar-refractivity contribution is 0.0353. The zero-order valence-corrected chi connectivity index (χ0v) is 13.6. The largest absolute Gasteiger partial charge is 0.390 e. The van der Waals surface area contributed by atoms with Crippen molar-refractivity contribution in [2.24, 2.45) is 7.05 Å². The van der Waals surface area contributed by atoms with Crippen molar-refractivity contribution in [3.63, 3.8) is 0 Å². The first kappa shape index (κ1) is 15.0. The summed E-state index contributed by atoms with van der Waals surface area (Å²) < 4.78 is 2.88. The normalized spacial score (nSPS) is 23.3. The third-order valence-corrected chi connectivity index (χ3v) is 4.94. The first-order chi connectivity index (χ1) is 8.89. The summed E-state index contributed by atoms with van der Waals surface area (Å²) in [4.78, 5) is 0. The minimum Gasteiger partial charge on any atom is -0.390 e. The van der Waals surface area contributed by atoms with E-state index in [0.717, 1.165) is 28.8 Å². The van der Waals surface area contributed by atoms with Gasteiger partial charge >= 0.3 is 0 Å². The maximum atomic E-state index is 10.7. The molecule has 1 aliphatic heterocycles. The zero-order chi connectivity index (χ0) is 14.0. The molecule has 0 aromatic carbocycles. The van der Waals surface area contributed by atoms with E-state index in [0.29, 0.717) is 12.5 Å². The highest BCUT2D eigenvalue weighted by atomic mass is 79.9. The van der Waals surface area contributed by atoms with Crippen LogP contribution in [0.5, 0.6) is 0 Å². The third kappa shape index (κ3) is 3.80. The summed E-state index contributed by atoms with van der Waals surface area (Å²) in [6, 6.07) is 0.442. The Kier molecular flexibility index (Phi) is 4.69. The molecule has 0 radical (unpaired) electrons. The first-order valence-electron chi connectivity index (χ1n) is 7.03. The highest BCUT2D eigenvalue weighted by Crippen LogP contribution is 2.27. The molecule has 2 heterocycles. The van der Waals surface area contributed by atoms with Gasteiger partial charge in [-0.2, -0.15) is 5.10 Å². The Morgan fingerprint density at radius 1 is 1.53 bits per heavy atom. The Labute approximate surface area is 123 Å². The van der Waals surface area contributed by atoms with Crippen LogP contribution >= 0.6 is 15.9 Å². The van der Waals surface area contributed by atoms with Crippen LogP contribution in [0.4, 0.5) is 0 Å². The van der Waals surface area contributed by atoms with Gasteiger partial charge in [0.15, 0.2) is 0 Å². The van der Waals surface area contributed by atoms with Gasteiger partial charge in [0.05, 0.1) is 21.5 Å². The smallest absolute Gasteiger partial charge is 0.0738 e. The summed E-state index contributed by atoms with van der Waals surface area (Å²) in [5.41, 5.74) is 1.35. The average Bonchev–Trinajstić information content (AvgIpc) is 2.56. The highest BCUT2D eigenvalue weighted by molar-refractivity contribution is 9.10. The standard InChI is InChI=1S/C14H24BrN3O/c1-10-13(15)12(18(3)17-10)9-14(2,19)8-11-6-4-5-7-16-11/h11,16,19H,4-9H2,1-3H3. The summed E-state index contributed by atoms with van der Waals surface area (Å²) in [5.74, 6) is 0. The van der Waals surface area contributed by atoms with Gasteiger partial charge < -0.3 is 10.4 Å². The van der Waals surface area contributed by atoms with E-state index in [1.807, 2.05) is 25.6 Å². The summed E-state index contributed by atoms with van der Waals surface area (Å²) in [7, 11) is 1.93. The molecular weight excluding hydrogens is 306 g/mol. The van der Waals surface area contributed by atoms with Crippen LogP contribution in [0.2, 0.25) is 0 Å².